The maximum absolute atomic E-state index is 4.27. The largest absolute Gasteiger partial charge is 0.309 e. The quantitative estimate of drug-likeness (QED) is 0.174. The fourth-order valence-corrected chi connectivity index (χ4v) is 6.73. The van der Waals surface area contributed by atoms with E-state index in [0.29, 0.717) is 0 Å². The van der Waals surface area contributed by atoms with Crippen LogP contribution in [-0.4, -0.2) is 9.13 Å². The minimum Gasteiger partial charge on any atom is -0.309 e. The van der Waals surface area contributed by atoms with E-state index in [2.05, 4.69) is 161 Å². The van der Waals surface area contributed by atoms with Crippen molar-refractivity contribution in [2.24, 2.45) is 0 Å². The minimum absolute atomic E-state index is 0.993. The molecular weight excluding hydrogens is 544 g/mol. The van der Waals surface area contributed by atoms with Crippen molar-refractivity contribution >= 4 is 49.2 Å². The molecular formula is C43H32N2. The number of nitrogens with zero attached hydrogens (tertiary/aromatic N) is 2. The SMILES string of the molecule is C=C(/C=C\C=C/C)c1ccc(-n2c3ccccc3c3c4c5ccccc5n(-c5cccc(-c6ccccc6)c5)c4ccc32)cc1. The van der Waals surface area contributed by atoms with E-state index in [9.17, 15) is 0 Å². The number of rotatable bonds is 6. The summed E-state index contributed by atoms with van der Waals surface area (Å²) in [6.07, 6.45) is 8.13. The highest BCUT2D eigenvalue weighted by Crippen LogP contribution is 2.42. The summed E-state index contributed by atoms with van der Waals surface area (Å²) in [6, 6.07) is 50.4. The zero-order valence-electron chi connectivity index (χ0n) is 25.2. The molecule has 2 heterocycles. The van der Waals surface area contributed by atoms with Crippen molar-refractivity contribution in [2.75, 3.05) is 0 Å². The molecule has 8 aromatic rings. The second-order valence-corrected chi connectivity index (χ2v) is 11.4. The van der Waals surface area contributed by atoms with Crippen molar-refractivity contribution in [3.8, 4) is 22.5 Å². The molecule has 0 N–H and O–H groups in total. The van der Waals surface area contributed by atoms with Gasteiger partial charge in [0.25, 0.3) is 0 Å². The number of hydrogen-bond acceptors (Lipinski definition) is 0. The highest BCUT2D eigenvalue weighted by molar-refractivity contribution is 6.28. The van der Waals surface area contributed by atoms with E-state index in [1.807, 2.05) is 25.2 Å². The van der Waals surface area contributed by atoms with Gasteiger partial charge in [0.05, 0.1) is 22.1 Å². The molecule has 0 fully saturated rings. The van der Waals surface area contributed by atoms with Crippen LogP contribution in [0.25, 0.3) is 71.7 Å². The minimum atomic E-state index is 0.993. The molecule has 8 rings (SSSR count). The fourth-order valence-electron chi connectivity index (χ4n) is 6.73. The van der Waals surface area contributed by atoms with Crippen molar-refractivity contribution in [1.82, 2.24) is 9.13 Å². The van der Waals surface area contributed by atoms with Crippen LogP contribution in [0.3, 0.4) is 0 Å². The summed E-state index contributed by atoms with van der Waals surface area (Å²) in [4.78, 5) is 0. The number of para-hydroxylation sites is 2. The first-order chi connectivity index (χ1) is 22.2. The summed E-state index contributed by atoms with van der Waals surface area (Å²) < 4.78 is 4.82. The Morgan fingerprint density at radius 2 is 1.09 bits per heavy atom. The maximum atomic E-state index is 4.27. The van der Waals surface area contributed by atoms with Crippen molar-refractivity contribution in [3.05, 3.63) is 176 Å². The van der Waals surface area contributed by atoms with Crippen LogP contribution in [-0.2, 0) is 0 Å². The predicted molar refractivity (Wildman–Crippen MR) is 194 cm³/mol. The summed E-state index contributed by atoms with van der Waals surface area (Å²) in [5, 5.41) is 5.06. The summed E-state index contributed by atoms with van der Waals surface area (Å²) in [5.74, 6) is 0. The fraction of sp³-hybridized carbons (Fsp3) is 0.0233. The number of hydrogen-bond donors (Lipinski definition) is 0. The highest BCUT2D eigenvalue weighted by atomic mass is 15.0. The molecule has 0 aliphatic carbocycles. The normalized spacial score (nSPS) is 12.0. The number of allylic oxidation sites excluding steroid dienone is 5. The Hall–Kier alpha value is -5.86. The van der Waals surface area contributed by atoms with Crippen molar-refractivity contribution < 1.29 is 0 Å². The molecule has 2 nitrogen and oxygen atoms in total. The van der Waals surface area contributed by atoms with Crippen LogP contribution >= 0.6 is 0 Å². The van der Waals surface area contributed by atoms with Crippen LogP contribution in [0.5, 0.6) is 0 Å². The first-order valence-corrected chi connectivity index (χ1v) is 15.4. The van der Waals surface area contributed by atoms with E-state index in [0.717, 1.165) is 22.5 Å². The van der Waals surface area contributed by atoms with Crippen LogP contribution in [0.1, 0.15) is 12.5 Å². The molecule has 6 aromatic carbocycles. The van der Waals surface area contributed by atoms with E-state index < -0.39 is 0 Å². The van der Waals surface area contributed by atoms with E-state index in [4.69, 9.17) is 0 Å². The van der Waals surface area contributed by atoms with Crippen LogP contribution in [0.2, 0.25) is 0 Å². The van der Waals surface area contributed by atoms with Gasteiger partial charge in [0, 0.05) is 32.9 Å². The molecule has 0 radical (unpaired) electrons. The average Bonchev–Trinajstić information content (AvgIpc) is 3.62. The lowest BCUT2D eigenvalue weighted by molar-refractivity contribution is 1.17. The first kappa shape index (κ1) is 26.7. The Labute approximate surface area is 263 Å². The van der Waals surface area contributed by atoms with Gasteiger partial charge in [0.1, 0.15) is 0 Å². The lowest BCUT2D eigenvalue weighted by Gasteiger charge is -2.11. The Bertz CT molecular complexity index is 2430. The molecule has 0 spiro atoms. The molecule has 0 atom stereocenters. The Morgan fingerprint density at radius 1 is 0.511 bits per heavy atom. The van der Waals surface area contributed by atoms with E-state index in [1.165, 1.54) is 54.7 Å². The highest BCUT2D eigenvalue weighted by Gasteiger charge is 2.20. The third-order valence-electron chi connectivity index (χ3n) is 8.78. The van der Waals surface area contributed by atoms with Gasteiger partial charge < -0.3 is 9.13 Å². The van der Waals surface area contributed by atoms with E-state index >= 15 is 0 Å². The van der Waals surface area contributed by atoms with Gasteiger partial charge in [-0.25, -0.2) is 0 Å². The lowest BCUT2D eigenvalue weighted by Crippen LogP contribution is -1.95. The molecule has 0 unspecified atom stereocenters. The van der Waals surface area contributed by atoms with Gasteiger partial charge in [-0.1, -0.05) is 122 Å². The molecule has 2 heteroatoms. The lowest BCUT2D eigenvalue weighted by atomic mass is 10.0. The van der Waals surface area contributed by atoms with Gasteiger partial charge in [-0.15, -0.1) is 0 Å². The zero-order valence-corrected chi connectivity index (χ0v) is 25.2. The summed E-state index contributed by atoms with van der Waals surface area (Å²) in [7, 11) is 0. The Morgan fingerprint density at radius 3 is 1.73 bits per heavy atom. The van der Waals surface area contributed by atoms with Crippen molar-refractivity contribution in [3.63, 3.8) is 0 Å². The first-order valence-electron chi connectivity index (χ1n) is 15.4. The monoisotopic (exact) mass is 576 g/mol. The van der Waals surface area contributed by atoms with Gasteiger partial charge in [-0.3, -0.25) is 0 Å². The summed E-state index contributed by atoms with van der Waals surface area (Å²) >= 11 is 0. The number of aromatic nitrogens is 2. The number of fused-ring (bicyclic) bond motifs is 7. The van der Waals surface area contributed by atoms with Gasteiger partial charge in [-0.2, -0.15) is 0 Å². The van der Waals surface area contributed by atoms with Gasteiger partial charge in [0.15, 0.2) is 0 Å². The van der Waals surface area contributed by atoms with Gasteiger partial charge in [-0.05, 0) is 77.7 Å². The molecule has 2 aromatic heterocycles. The maximum Gasteiger partial charge on any atom is 0.0548 e. The molecule has 0 saturated heterocycles. The van der Waals surface area contributed by atoms with E-state index in [1.54, 1.807) is 0 Å². The standard InChI is InChI=1S/C43H32N2/c1-3-4-6-14-30(2)31-23-25-34(26-24-31)44-38-21-11-9-19-36(38)42-40(44)27-28-41-43(42)37-20-10-12-22-39(37)45(41)35-18-13-17-33(29-35)32-15-7-5-8-16-32/h3-29H,2H2,1H3/b4-3-,14-6-. The molecule has 0 aliphatic rings. The smallest absolute Gasteiger partial charge is 0.0548 e. The molecule has 214 valence electrons. The Balaban J connectivity index is 1.37. The Kier molecular flexibility index (Phi) is 6.54. The van der Waals surface area contributed by atoms with Gasteiger partial charge in [0.2, 0.25) is 0 Å². The predicted octanol–water partition coefficient (Wildman–Crippen LogP) is 11.7. The summed E-state index contributed by atoms with van der Waals surface area (Å²) in [5.41, 5.74) is 11.6. The van der Waals surface area contributed by atoms with Crippen molar-refractivity contribution in [1.29, 1.82) is 0 Å². The zero-order chi connectivity index (χ0) is 30.3. The van der Waals surface area contributed by atoms with Gasteiger partial charge >= 0.3 is 0 Å². The number of benzene rings is 6. The molecule has 0 bridgehead atoms. The molecule has 0 amide bonds. The van der Waals surface area contributed by atoms with Crippen molar-refractivity contribution in [2.45, 2.75) is 6.92 Å². The van der Waals surface area contributed by atoms with Crippen LogP contribution in [0, 0.1) is 0 Å². The van der Waals surface area contributed by atoms with Crippen LogP contribution in [0.4, 0.5) is 0 Å². The second-order valence-electron chi connectivity index (χ2n) is 11.4. The van der Waals surface area contributed by atoms with Crippen LogP contribution < -0.4 is 0 Å². The topological polar surface area (TPSA) is 9.86 Å². The second kappa shape index (κ2) is 11.0. The third-order valence-corrected chi connectivity index (χ3v) is 8.78. The molecule has 45 heavy (non-hydrogen) atoms. The molecule has 0 aliphatic heterocycles. The average molecular weight is 577 g/mol. The van der Waals surface area contributed by atoms with E-state index in [-0.39, 0.29) is 0 Å². The third kappa shape index (κ3) is 4.42. The van der Waals surface area contributed by atoms with Crippen LogP contribution in [0.15, 0.2) is 170 Å². The molecule has 0 saturated carbocycles. The summed E-state index contributed by atoms with van der Waals surface area (Å²) in [6.45, 7) is 6.29.